The third kappa shape index (κ3) is 43.1. The van der Waals surface area contributed by atoms with Gasteiger partial charge in [-0.15, -0.1) is 0 Å². The summed E-state index contributed by atoms with van der Waals surface area (Å²) in [4.78, 5) is 23.4. The molecular weight excluding hydrogens is 641 g/mol. The molecule has 4 nitrogen and oxygen atoms in total. The Hall–Kier alpha value is -1.32. The van der Waals surface area contributed by atoms with Gasteiger partial charge in [-0.05, 0) is 44.6 Å². The lowest BCUT2D eigenvalue weighted by Gasteiger charge is -2.15. The minimum absolute atomic E-state index is 0.0296. The quantitative estimate of drug-likeness (QED) is 0.0385. The number of allylic oxidation sites excluding steroid dienone is 1. The standard InChI is InChI=1S/C48H92O4/c1-3-5-7-9-11-13-14-15-16-17-18-19-20-21-22-23-24-25-26-27-29-31-37-41-45-48(51)52-46(42-38-34-30-28-12-10-8-6-4-2)43-39-35-32-33-36-40-44-47(49)50/h38,42,46H,3-37,39-41,43-45H2,1-2H3,(H,49,50)/b42-38-. The minimum atomic E-state index is -0.695. The van der Waals surface area contributed by atoms with E-state index < -0.39 is 5.97 Å². The van der Waals surface area contributed by atoms with Crippen LogP contribution in [0.4, 0.5) is 0 Å². The van der Waals surface area contributed by atoms with Gasteiger partial charge in [-0.25, -0.2) is 0 Å². The summed E-state index contributed by atoms with van der Waals surface area (Å²) >= 11 is 0. The predicted octanol–water partition coefficient (Wildman–Crippen LogP) is 16.6. The highest BCUT2D eigenvalue weighted by Gasteiger charge is 2.11. The molecule has 1 atom stereocenters. The van der Waals surface area contributed by atoms with Crippen LogP contribution in [0.1, 0.15) is 277 Å². The van der Waals surface area contributed by atoms with Gasteiger partial charge in [-0.3, -0.25) is 9.59 Å². The second-order valence-corrected chi connectivity index (χ2v) is 16.3. The fourth-order valence-corrected chi connectivity index (χ4v) is 7.45. The normalized spacial score (nSPS) is 12.2. The maximum absolute atomic E-state index is 12.7. The van der Waals surface area contributed by atoms with Crippen molar-refractivity contribution in [3.05, 3.63) is 12.2 Å². The van der Waals surface area contributed by atoms with Crippen LogP contribution in [0.25, 0.3) is 0 Å². The largest absolute Gasteiger partial charge is 0.481 e. The number of carboxylic acids is 1. The lowest BCUT2D eigenvalue weighted by molar-refractivity contribution is -0.147. The van der Waals surface area contributed by atoms with Crippen molar-refractivity contribution in [1.29, 1.82) is 0 Å². The molecule has 4 heteroatoms. The summed E-state index contributed by atoms with van der Waals surface area (Å²) in [6.07, 6.45) is 55.7. The van der Waals surface area contributed by atoms with Crippen LogP contribution in [0.2, 0.25) is 0 Å². The molecule has 0 saturated carbocycles. The summed E-state index contributed by atoms with van der Waals surface area (Å²) in [6, 6.07) is 0. The molecule has 0 bridgehead atoms. The lowest BCUT2D eigenvalue weighted by Crippen LogP contribution is -2.16. The number of hydrogen-bond donors (Lipinski definition) is 1. The van der Waals surface area contributed by atoms with Crippen molar-refractivity contribution in [2.75, 3.05) is 0 Å². The topological polar surface area (TPSA) is 63.6 Å². The van der Waals surface area contributed by atoms with Crippen molar-refractivity contribution in [3.63, 3.8) is 0 Å². The maximum atomic E-state index is 12.7. The third-order valence-corrected chi connectivity index (χ3v) is 11.0. The second-order valence-electron chi connectivity index (χ2n) is 16.3. The Morgan fingerprint density at radius 1 is 0.423 bits per heavy atom. The van der Waals surface area contributed by atoms with Gasteiger partial charge < -0.3 is 9.84 Å². The van der Waals surface area contributed by atoms with Crippen molar-refractivity contribution in [3.8, 4) is 0 Å². The summed E-state index contributed by atoms with van der Waals surface area (Å²) in [5.74, 6) is -0.725. The fourth-order valence-electron chi connectivity index (χ4n) is 7.45. The van der Waals surface area contributed by atoms with Gasteiger partial charge in [0.25, 0.3) is 0 Å². The number of rotatable bonds is 44. The Balaban J connectivity index is 3.80. The molecule has 0 aromatic heterocycles. The Kier molecular flexibility index (Phi) is 43.0. The smallest absolute Gasteiger partial charge is 0.306 e. The van der Waals surface area contributed by atoms with E-state index in [2.05, 4.69) is 26.0 Å². The molecule has 0 radical (unpaired) electrons. The van der Waals surface area contributed by atoms with Crippen molar-refractivity contribution in [2.45, 2.75) is 283 Å². The van der Waals surface area contributed by atoms with E-state index in [4.69, 9.17) is 9.84 Å². The van der Waals surface area contributed by atoms with Gasteiger partial charge in [0.1, 0.15) is 6.10 Å². The number of carbonyl (C=O) groups excluding carboxylic acids is 1. The molecule has 308 valence electrons. The van der Waals surface area contributed by atoms with Gasteiger partial charge in [0, 0.05) is 12.8 Å². The summed E-state index contributed by atoms with van der Waals surface area (Å²) in [5.41, 5.74) is 0. The average molecular weight is 733 g/mol. The zero-order valence-corrected chi connectivity index (χ0v) is 35.4. The number of carbonyl (C=O) groups is 2. The molecule has 0 fully saturated rings. The zero-order valence-electron chi connectivity index (χ0n) is 35.4. The van der Waals surface area contributed by atoms with Gasteiger partial charge in [-0.1, -0.05) is 232 Å². The van der Waals surface area contributed by atoms with E-state index in [-0.39, 0.29) is 18.5 Å². The van der Waals surface area contributed by atoms with Gasteiger partial charge in [0.05, 0.1) is 0 Å². The van der Waals surface area contributed by atoms with E-state index in [0.717, 1.165) is 64.2 Å². The SMILES string of the molecule is CCCCCCCCC/C=C\C(CCCCCCCCC(=O)O)OC(=O)CCCCCCCCCCCCCCCCCCCCCCCCCC. The first-order chi connectivity index (χ1) is 25.6. The van der Waals surface area contributed by atoms with E-state index in [1.54, 1.807) is 0 Å². The van der Waals surface area contributed by atoms with Crippen LogP contribution in [0.3, 0.4) is 0 Å². The number of unbranched alkanes of at least 4 members (excludes halogenated alkanes) is 35. The molecular formula is C48H92O4. The van der Waals surface area contributed by atoms with Gasteiger partial charge in [0.15, 0.2) is 0 Å². The third-order valence-electron chi connectivity index (χ3n) is 11.0. The van der Waals surface area contributed by atoms with Crippen LogP contribution in [0, 0.1) is 0 Å². The molecule has 0 aromatic rings. The van der Waals surface area contributed by atoms with Crippen LogP contribution in [0.15, 0.2) is 12.2 Å². The first kappa shape index (κ1) is 50.7. The Bertz CT molecular complexity index is 747. The molecule has 1 unspecified atom stereocenters. The average Bonchev–Trinajstić information content (AvgIpc) is 3.13. The van der Waals surface area contributed by atoms with Gasteiger partial charge in [-0.2, -0.15) is 0 Å². The first-order valence-corrected chi connectivity index (χ1v) is 23.7. The van der Waals surface area contributed by atoms with E-state index in [1.807, 2.05) is 0 Å². The molecule has 0 rings (SSSR count). The Labute approximate surface area is 325 Å². The van der Waals surface area contributed by atoms with Crippen LogP contribution >= 0.6 is 0 Å². The molecule has 1 N–H and O–H groups in total. The summed E-state index contributed by atoms with van der Waals surface area (Å²) < 4.78 is 5.96. The molecule has 52 heavy (non-hydrogen) atoms. The van der Waals surface area contributed by atoms with E-state index in [1.165, 1.54) is 186 Å². The highest BCUT2D eigenvalue weighted by molar-refractivity contribution is 5.69. The number of esters is 1. The van der Waals surface area contributed by atoms with Gasteiger partial charge in [0.2, 0.25) is 0 Å². The van der Waals surface area contributed by atoms with Crippen molar-refractivity contribution < 1.29 is 19.4 Å². The monoisotopic (exact) mass is 733 g/mol. The Morgan fingerprint density at radius 2 is 0.731 bits per heavy atom. The van der Waals surface area contributed by atoms with Crippen molar-refractivity contribution in [1.82, 2.24) is 0 Å². The number of carboxylic acid groups (broad SMARTS) is 1. The van der Waals surface area contributed by atoms with E-state index >= 15 is 0 Å². The molecule has 0 aromatic carbocycles. The van der Waals surface area contributed by atoms with Crippen LogP contribution in [-0.2, 0) is 14.3 Å². The summed E-state index contributed by atoms with van der Waals surface area (Å²) in [6.45, 7) is 4.56. The predicted molar refractivity (Wildman–Crippen MR) is 227 cm³/mol. The summed E-state index contributed by atoms with van der Waals surface area (Å²) in [5, 5.41) is 8.80. The van der Waals surface area contributed by atoms with E-state index in [0.29, 0.717) is 6.42 Å². The second kappa shape index (κ2) is 44.1. The Morgan fingerprint density at radius 3 is 1.10 bits per heavy atom. The molecule has 0 heterocycles. The number of aliphatic carboxylic acids is 1. The van der Waals surface area contributed by atoms with Crippen LogP contribution in [0.5, 0.6) is 0 Å². The van der Waals surface area contributed by atoms with Crippen LogP contribution < -0.4 is 0 Å². The molecule has 0 aliphatic carbocycles. The molecule has 0 aliphatic rings. The van der Waals surface area contributed by atoms with Crippen LogP contribution in [-0.4, -0.2) is 23.1 Å². The molecule has 0 amide bonds. The highest BCUT2D eigenvalue weighted by atomic mass is 16.5. The fraction of sp³-hybridized carbons (Fsp3) is 0.917. The number of ether oxygens (including phenoxy) is 1. The lowest BCUT2D eigenvalue weighted by atomic mass is 10.0. The molecule has 0 aliphatic heterocycles. The molecule has 0 saturated heterocycles. The van der Waals surface area contributed by atoms with E-state index in [9.17, 15) is 9.59 Å². The highest BCUT2D eigenvalue weighted by Crippen LogP contribution is 2.18. The number of hydrogen-bond acceptors (Lipinski definition) is 3. The molecule has 0 spiro atoms. The maximum Gasteiger partial charge on any atom is 0.306 e. The summed E-state index contributed by atoms with van der Waals surface area (Å²) in [7, 11) is 0. The van der Waals surface area contributed by atoms with Crippen molar-refractivity contribution in [2.24, 2.45) is 0 Å². The first-order valence-electron chi connectivity index (χ1n) is 23.7. The minimum Gasteiger partial charge on any atom is -0.481 e. The zero-order chi connectivity index (χ0) is 37.8. The van der Waals surface area contributed by atoms with Crippen molar-refractivity contribution >= 4 is 11.9 Å². The van der Waals surface area contributed by atoms with Gasteiger partial charge >= 0.3 is 11.9 Å².